The van der Waals surface area contributed by atoms with Crippen molar-refractivity contribution in [3.05, 3.63) is 22.2 Å². The second kappa shape index (κ2) is 4.83. The van der Waals surface area contributed by atoms with Crippen molar-refractivity contribution in [1.82, 2.24) is 0 Å². The van der Waals surface area contributed by atoms with Crippen molar-refractivity contribution in [2.45, 2.75) is 39.0 Å². The summed E-state index contributed by atoms with van der Waals surface area (Å²) in [6, 6.07) is 0. The van der Waals surface area contributed by atoms with Crippen LogP contribution in [0.1, 0.15) is 39.0 Å². The first kappa shape index (κ1) is 9.14. The van der Waals surface area contributed by atoms with E-state index in [2.05, 4.69) is 10.0 Å². The Morgan fingerprint density at radius 3 is 2.58 bits per heavy atom. The molecule has 0 heterocycles. The first-order valence-corrected chi connectivity index (χ1v) is 4.59. The van der Waals surface area contributed by atoms with E-state index >= 15 is 0 Å². The summed E-state index contributed by atoms with van der Waals surface area (Å²) in [7, 11) is 0. The predicted molar refractivity (Wildman–Crippen MR) is 49.5 cm³/mol. The summed E-state index contributed by atoms with van der Waals surface area (Å²) in [5.41, 5.74) is 9.26. The zero-order chi connectivity index (χ0) is 8.81. The van der Waals surface area contributed by atoms with Gasteiger partial charge in [0.1, 0.15) is 0 Å². The normalized spacial score (nSPS) is 20.2. The van der Waals surface area contributed by atoms with Crippen LogP contribution in [0.3, 0.4) is 0 Å². The topological polar surface area (TPSA) is 48.8 Å². The Morgan fingerprint density at radius 2 is 2.08 bits per heavy atom. The van der Waals surface area contributed by atoms with E-state index in [0.29, 0.717) is 5.92 Å². The van der Waals surface area contributed by atoms with Gasteiger partial charge in [-0.05, 0) is 31.2 Å². The van der Waals surface area contributed by atoms with Gasteiger partial charge < -0.3 is 0 Å². The van der Waals surface area contributed by atoms with Crippen molar-refractivity contribution in [2.24, 2.45) is 11.0 Å². The summed E-state index contributed by atoms with van der Waals surface area (Å²) >= 11 is 0. The molecule has 0 saturated heterocycles. The number of hydrogen-bond donors (Lipinski definition) is 0. The third kappa shape index (κ3) is 2.28. The standard InChI is InChI=1S/C9H15N3/c1-2-9(11-12-10)8-6-4-3-5-7-8/h2,8H,3-7H2,1H3/b9-2-. The zero-order valence-corrected chi connectivity index (χ0v) is 7.53. The van der Waals surface area contributed by atoms with Crippen LogP contribution < -0.4 is 0 Å². The van der Waals surface area contributed by atoms with Crippen LogP contribution in [0.15, 0.2) is 16.9 Å². The van der Waals surface area contributed by atoms with E-state index in [1.54, 1.807) is 0 Å². The van der Waals surface area contributed by atoms with Gasteiger partial charge in [0.2, 0.25) is 0 Å². The first-order valence-electron chi connectivity index (χ1n) is 4.59. The maximum Gasteiger partial charge on any atom is 0.0139 e. The highest BCUT2D eigenvalue weighted by Crippen LogP contribution is 2.30. The van der Waals surface area contributed by atoms with Crippen LogP contribution in [0.5, 0.6) is 0 Å². The Morgan fingerprint density at radius 1 is 1.42 bits per heavy atom. The van der Waals surface area contributed by atoms with Crippen LogP contribution >= 0.6 is 0 Å². The van der Waals surface area contributed by atoms with E-state index in [4.69, 9.17) is 5.53 Å². The summed E-state index contributed by atoms with van der Waals surface area (Å²) in [6.07, 6.45) is 8.22. The quantitative estimate of drug-likeness (QED) is 0.339. The largest absolute Gasteiger partial charge is 0.0819 e. The van der Waals surface area contributed by atoms with E-state index in [1.807, 2.05) is 13.0 Å². The predicted octanol–water partition coefficient (Wildman–Crippen LogP) is 3.78. The van der Waals surface area contributed by atoms with Gasteiger partial charge >= 0.3 is 0 Å². The molecule has 3 heteroatoms. The fourth-order valence-electron chi connectivity index (χ4n) is 1.83. The van der Waals surface area contributed by atoms with Crippen molar-refractivity contribution in [2.75, 3.05) is 0 Å². The Labute approximate surface area is 73.1 Å². The molecule has 1 fully saturated rings. The van der Waals surface area contributed by atoms with Gasteiger partial charge in [-0.3, -0.25) is 0 Å². The SMILES string of the molecule is C/C=C(\N=[N+]=[N-])C1CCCCC1. The molecule has 0 spiro atoms. The molecule has 0 N–H and O–H groups in total. The van der Waals surface area contributed by atoms with Crippen LogP contribution in [0.25, 0.3) is 10.4 Å². The number of hydrogen-bond acceptors (Lipinski definition) is 1. The zero-order valence-electron chi connectivity index (χ0n) is 7.53. The molecule has 12 heavy (non-hydrogen) atoms. The maximum atomic E-state index is 8.32. The van der Waals surface area contributed by atoms with Gasteiger partial charge in [0.15, 0.2) is 0 Å². The molecular weight excluding hydrogens is 150 g/mol. The Kier molecular flexibility index (Phi) is 3.68. The summed E-state index contributed by atoms with van der Waals surface area (Å²) < 4.78 is 0. The molecule has 0 amide bonds. The summed E-state index contributed by atoms with van der Waals surface area (Å²) in [6.45, 7) is 1.94. The van der Waals surface area contributed by atoms with E-state index in [9.17, 15) is 0 Å². The molecule has 1 aliphatic rings. The highest BCUT2D eigenvalue weighted by molar-refractivity contribution is 5.04. The molecule has 0 aromatic carbocycles. The summed E-state index contributed by atoms with van der Waals surface area (Å²) in [4.78, 5) is 2.84. The molecule has 66 valence electrons. The lowest BCUT2D eigenvalue weighted by atomic mass is 9.87. The molecule has 0 aromatic rings. The van der Waals surface area contributed by atoms with E-state index in [0.717, 1.165) is 5.70 Å². The van der Waals surface area contributed by atoms with Crippen LogP contribution in [0.2, 0.25) is 0 Å². The van der Waals surface area contributed by atoms with Gasteiger partial charge in [-0.1, -0.05) is 30.5 Å². The van der Waals surface area contributed by atoms with Crippen molar-refractivity contribution >= 4 is 0 Å². The molecule has 1 rings (SSSR count). The van der Waals surface area contributed by atoms with Crippen LogP contribution in [-0.4, -0.2) is 0 Å². The Balaban J connectivity index is 2.58. The minimum absolute atomic E-state index is 0.527. The monoisotopic (exact) mass is 165 g/mol. The number of rotatable bonds is 2. The number of allylic oxidation sites excluding steroid dienone is 2. The molecule has 1 saturated carbocycles. The fraction of sp³-hybridized carbons (Fsp3) is 0.778. The van der Waals surface area contributed by atoms with Crippen molar-refractivity contribution in [1.29, 1.82) is 0 Å². The second-order valence-electron chi connectivity index (χ2n) is 3.24. The molecular formula is C9H15N3. The van der Waals surface area contributed by atoms with Gasteiger partial charge in [-0.2, -0.15) is 0 Å². The van der Waals surface area contributed by atoms with E-state index in [-0.39, 0.29) is 0 Å². The Hall–Kier alpha value is -0.950. The highest BCUT2D eigenvalue weighted by Gasteiger charge is 2.15. The minimum Gasteiger partial charge on any atom is -0.0819 e. The lowest BCUT2D eigenvalue weighted by Gasteiger charge is -2.21. The molecule has 0 unspecified atom stereocenters. The van der Waals surface area contributed by atoms with Crippen LogP contribution in [0.4, 0.5) is 0 Å². The smallest absolute Gasteiger partial charge is 0.0139 e. The van der Waals surface area contributed by atoms with Gasteiger partial charge in [-0.25, -0.2) is 0 Å². The average molecular weight is 165 g/mol. The molecule has 0 bridgehead atoms. The van der Waals surface area contributed by atoms with Gasteiger partial charge in [0, 0.05) is 10.6 Å². The number of nitrogens with zero attached hydrogens (tertiary/aromatic N) is 3. The number of azide groups is 1. The van der Waals surface area contributed by atoms with Crippen LogP contribution in [-0.2, 0) is 0 Å². The lowest BCUT2D eigenvalue weighted by Crippen LogP contribution is -2.07. The van der Waals surface area contributed by atoms with Crippen molar-refractivity contribution < 1.29 is 0 Å². The van der Waals surface area contributed by atoms with E-state index < -0.39 is 0 Å². The third-order valence-electron chi connectivity index (χ3n) is 2.48. The fourth-order valence-corrected chi connectivity index (χ4v) is 1.83. The van der Waals surface area contributed by atoms with Crippen molar-refractivity contribution in [3.8, 4) is 0 Å². The molecule has 0 atom stereocenters. The molecule has 0 aromatic heterocycles. The molecule has 3 nitrogen and oxygen atoms in total. The molecule has 0 radical (unpaired) electrons. The van der Waals surface area contributed by atoms with Crippen molar-refractivity contribution in [3.63, 3.8) is 0 Å². The molecule has 0 aliphatic heterocycles. The van der Waals surface area contributed by atoms with E-state index in [1.165, 1.54) is 32.1 Å². The maximum absolute atomic E-state index is 8.32. The summed E-state index contributed by atoms with van der Waals surface area (Å²) in [5, 5.41) is 3.71. The first-order chi connectivity index (χ1) is 5.88. The van der Waals surface area contributed by atoms with Gasteiger partial charge in [0.25, 0.3) is 0 Å². The average Bonchev–Trinajstić information content (AvgIpc) is 2.15. The molecule has 1 aliphatic carbocycles. The highest BCUT2D eigenvalue weighted by atomic mass is 15.1. The summed E-state index contributed by atoms with van der Waals surface area (Å²) in [5.74, 6) is 0.527. The lowest BCUT2D eigenvalue weighted by molar-refractivity contribution is 0.400. The minimum atomic E-state index is 0.527. The van der Waals surface area contributed by atoms with Crippen LogP contribution in [0, 0.1) is 5.92 Å². The van der Waals surface area contributed by atoms with Gasteiger partial charge in [0.05, 0.1) is 0 Å². The Bertz CT molecular complexity index is 208. The second-order valence-corrected chi connectivity index (χ2v) is 3.24. The van der Waals surface area contributed by atoms with Gasteiger partial charge in [-0.15, -0.1) is 0 Å². The third-order valence-corrected chi connectivity index (χ3v) is 2.48.